The highest BCUT2D eigenvalue weighted by molar-refractivity contribution is 7.22. The van der Waals surface area contributed by atoms with Crippen molar-refractivity contribution in [2.75, 3.05) is 5.73 Å². The Morgan fingerprint density at radius 3 is 1.01 bits per heavy atom. The lowest BCUT2D eigenvalue weighted by molar-refractivity contribution is 0.112. The highest BCUT2D eigenvalue weighted by Gasteiger charge is 2.28. The molecule has 16 aromatic rings. The van der Waals surface area contributed by atoms with Crippen molar-refractivity contribution < 1.29 is 15.0 Å². The predicted molar refractivity (Wildman–Crippen MR) is 482 cm³/mol. The molecule has 2 heterocycles. The van der Waals surface area contributed by atoms with Gasteiger partial charge in [0.05, 0.1) is 31.7 Å². The average Bonchev–Trinajstić information content (AvgIpc) is 1.64. The Labute approximate surface area is 673 Å². The number of phenolic OH excluding ortho intramolecular Hbond substituents is 2. The lowest BCUT2D eigenvalue weighted by Gasteiger charge is -2.27. The van der Waals surface area contributed by atoms with Crippen molar-refractivity contribution in [3.8, 4) is 122 Å². The summed E-state index contributed by atoms with van der Waals surface area (Å²) in [5.74, 6) is 0.387. The van der Waals surface area contributed by atoms with E-state index in [1.807, 2.05) is 75.5 Å². The first-order valence-electron chi connectivity index (χ1n) is 38.4. The summed E-state index contributed by atoms with van der Waals surface area (Å²) in [5, 5.41) is 23.4. The third-order valence-corrected chi connectivity index (χ3v) is 22.7. The van der Waals surface area contributed by atoms with Crippen LogP contribution in [-0.2, 0) is 21.7 Å². The van der Waals surface area contributed by atoms with Gasteiger partial charge in [-0.25, -0.2) is 9.97 Å². The summed E-state index contributed by atoms with van der Waals surface area (Å²) in [7, 11) is 0. The summed E-state index contributed by atoms with van der Waals surface area (Å²) < 4.78 is 2.24. The van der Waals surface area contributed by atoms with Crippen LogP contribution in [0.5, 0.6) is 11.5 Å². The van der Waals surface area contributed by atoms with E-state index in [0.29, 0.717) is 11.1 Å². The van der Waals surface area contributed by atoms with Gasteiger partial charge in [0.15, 0.2) is 6.29 Å². The van der Waals surface area contributed by atoms with Crippen LogP contribution in [0.3, 0.4) is 0 Å². The smallest absolute Gasteiger partial charge is 0.153 e. The number of para-hydroxylation sites is 2. The Kier molecular flexibility index (Phi) is 22.2. The number of anilines is 1. The Morgan fingerprint density at radius 2 is 0.628 bits per heavy atom. The number of hydrogen-bond acceptors (Lipinski definition) is 9. The number of carbonyl (C=O) groups excluding carboxylic acids is 1. The first-order valence-corrected chi connectivity index (χ1v) is 40.1. The molecule has 0 unspecified atom stereocenters. The molecule has 0 atom stereocenters. The molecule has 14 aromatic carbocycles. The van der Waals surface area contributed by atoms with Gasteiger partial charge in [0.25, 0.3) is 0 Å². The number of aromatic nitrogens is 2. The van der Waals surface area contributed by atoms with Crippen LogP contribution in [0.4, 0.5) is 11.4 Å². The standard InChI is InChI=1S/C52H46N2OS.C37H26N2S.C15H22O2/c1-51(2,3)42-29-41(49(55)45(32-42)52(4,5)6)33-53-46-26-14-13-25-43(46)50-54-48-44(39-24-16-22-37(28-39)35-19-11-8-12-20-35)30-40(31-47(48)56-50)38-23-15-21-36(27-38)34-17-9-7-10-18-34;38-34-20-8-7-19-32(34)37-39-36-33(30-18-10-16-28(22-30)26-13-5-2-6-14-26)23-31(24-35(36)40-37)29-17-9-15-27(21-29)25-11-3-1-4-12-25;1-14(2,3)11-7-10(9-16)13(17)12(8-11)15(4,5)6/h7-33,55H,1-6H3;1-24H,38H2;7-9,17H,1-6H3. The molecule has 0 saturated carbocycles. The molecule has 0 bridgehead atoms. The summed E-state index contributed by atoms with van der Waals surface area (Å²) in [6.45, 7) is 25.4. The lowest BCUT2D eigenvalue weighted by Crippen LogP contribution is -2.17. The third-order valence-electron chi connectivity index (χ3n) is 20.6. The third kappa shape index (κ3) is 17.5. The number of aliphatic imine (C=N–C) groups is 1. The van der Waals surface area contributed by atoms with E-state index in [-0.39, 0.29) is 33.2 Å². The highest BCUT2D eigenvalue weighted by Crippen LogP contribution is 2.47. The summed E-state index contributed by atoms with van der Waals surface area (Å²) in [4.78, 5) is 26.6. The largest absolute Gasteiger partial charge is 0.507 e. The predicted octanol–water partition coefficient (Wildman–Crippen LogP) is 28.7. The monoisotopic (exact) mass is 1510 g/mol. The molecule has 113 heavy (non-hydrogen) atoms. The SMILES string of the molecule is CC(C)(C)c1cc(C=Nc2ccccc2-c2nc3c(-c4cccc(-c5ccccc5)c4)cc(-c4cccc(-c5ccccc5)c4)cc3s2)c(O)c(C(C)(C)C)c1.CC(C)(C)c1cc(C=O)c(O)c(C(C)(C)C)c1.Nc1ccccc1-c1nc2c(-c3cccc(-c4ccccc4)c3)cc(-c3cccc(-c4ccccc4)c3)cc2s1. The van der Waals surface area contributed by atoms with E-state index in [1.54, 1.807) is 28.7 Å². The summed E-state index contributed by atoms with van der Waals surface area (Å²) >= 11 is 3.38. The normalized spacial score (nSPS) is 11.8. The number of thiazole rings is 2. The molecule has 7 nitrogen and oxygen atoms in total. The van der Waals surface area contributed by atoms with Crippen LogP contribution >= 0.6 is 22.7 Å². The van der Waals surface area contributed by atoms with Crippen molar-refractivity contribution in [1.29, 1.82) is 0 Å². The van der Waals surface area contributed by atoms with Crippen molar-refractivity contribution in [2.45, 2.75) is 105 Å². The molecule has 0 amide bonds. The minimum Gasteiger partial charge on any atom is -0.507 e. The molecule has 0 aliphatic carbocycles. The molecule has 0 aliphatic heterocycles. The van der Waals surface area contributed by atoms with Gasteiger partial charge < -0.3 is 15.9 Å². The first-order chi connectivity index (χ1) is 54.2. The van der Waals surface area contributed by atoms with Gasteiger partial charge >= 0.3 is 0 Å². The fourth-order valence-corrected chi connectivity index (χ4v) is 16.3. The van der Waals surface area contributed by atoms with E-state index in [9.17, 15) is 15.0 Å². The van der Waals surface area contributed by atoms with Crippen molar-refractivity contribution in [3.05, 3.63) is 349 Å². The summed E-state index contributed by atoms with van der Waals surface area (Å²) in [6.07, 6.45) is 2.53. The molecule has 4 N–H and O–H groups in total. The van der Waals surface area contributed by atoms with Crippen LogP contribution < -0.4 is 5.73 Å². The number of carbonyl (C=O) groups is 1. The van der Waals surface area contributed by atoms with Gasteiger partial charge in [-0.3, -0.25) is 9.79 Å². The molecule has 0 saturated heterocycles. The molecule has 2 aromatic heterocycles. The molecule has 0 aliphatic rings. The number of benzene rings is 14. The second-order valence-electron chi connectivity index (χ2n) is 33.0. The average molecular weight is 1510 g/mol. The zero-order valence-corrected chi connectivity index (χ0v) is 67.8. The first kappa shape index (κ1) is 77.3. The molecule has 0 radical (unpaired) electrons. The number of fused-ring (bicyclic) bond motifs is 2. The summed E-state index contributed by atoms with van der Waals surface area (Å²) in [5.41, 5.74) is 34.9. The van der Waals surface area contributed by atoms with E-state index in [1.165, 1.54) is 50.1 Å². The van der Waals surface area contributed by atoms with Crippen LogP contribution in [0, 0.1) is 0 Å². The Balaban J connectivity index is 0.000000161. The number of nitrogens with zero attached hydrogens (tertiary/aromatic N) is 3. The minimum absolute atomic E-state index is 0.0362. The topological polar surface area (TPSA) is 122 Å². The fourth-order valence-electron chi connectivity index (χ4n) is 14.2. The van der Waals surface area contributed by atoms with Crippen LogP contribution in [0.25, 0.3) is 131 Å². The maximum atomic E-state index is 11.5. The van der Waals surface area contributed by atoms with Gasteiger partial charge in [0.1, 0.15) is 21.5 Å². The van der Waals surface area contributed by atoms with E-state index in [4.69, 9.17) is 20.7 Å². The highest BCUT2D eigenvalue weighted by atomic mass is 32.1. The number of nitrogens with two attached hydrogens (primary N) is 1. The maximum Gasteiger partial charge on any atom is 0.153 e. The van der Waals surface area contributed by atoms with Gasteiger partial charge in [0, 0.05) is 50.8 Å². The molecule has 16 rings (SSSR count). The van der Waals surface area contributed by atoms with Crippen molar-refractivity contribution in [2.24, 2.45) is 4.99 Å². The molecule has 560 valence electrons. The number of hydrogen-bond donors (Lipinski definition) is 3. The van der Waals surface area contributed by atoms with Crippen LogP contribution in [0.1, 0.15) is 121 Å². The van der Waals surface area contributed by atoms with E-state index in [0.717, 1.165) is 120 Å². The number of aromatic hydroxyl groups is 2. The molecule has 9 heteroatoms. The van der Waals surface area contributed by atoms with Gasteiger partial charge in [-0.15, -0.1) is 22.7 Å². The molecule has 0 spiro atoms. The second-order valence-corrected chi connectivity index (χ2v) is 35.0. The Bertz CT molecular complexity index is 6150. The quantitative estimate of drug-likeness (QED) is 0.0601. The fraction of sp³-hybridized carbons (Fsp3) is 0.154. The molecule has 0 fully saturated rings. The zero-order chi connectivity index (χ0) is 79.3. The van der Waals surface area contributed by atoms with Gasteiger partial charge in [-0.05, 0) is 196 Å². The summed E-state index contributed by atoms with van der Waals surface area (Å²) in [6, 6.07) is 110. The number of phenols is 2. The number of rotatable bonds is 13. The van der Waals surface area contributed by atoms with Crippen LogP contribution in [0.2, 0.25) is 0 Å². The Morgan fingerprint density at radius 1 is 0.310 bits per heavy atom. The van der Waals surface area contributed by atoms with Gasteiger partial charge in [-0.1, -0.05) is 314 Å². The minimum atomic E-state index is -0.229. The van der Waals surface area contributed by atoms with E-state index >= 15 is 0 Å². The van der Waals surface area contributed by atoms with Gasteiger partial charge in [-0.2, -0.15) is 0 Å². The van der Waals surface area contributed by atoms with Gasteiger partial charge in [0.2, 0.25) is 0 Å². The lowest BCUT2D eigenvalue weighted by atomic mass is 9.79. The molecular formula is C104H94N4O3S2. The van der Waals surface area contributed by atoms with Crippen molar-refractivity contribution >= 4 is 67.0 Å². The molecular weight excluding hydrogens is 1420 g/mol. The number of aldehydes is 1. The second kappa shape index (κ2) is 32.5. The Hall–Kier alpha value is -12.4. The maximum absolute atomic E-state index is 11.5. The van der Waals surface area contributed by atoms with Crippen LogP contribution in [0.15, 0.2) is 320 Å². The van der Waals surface area contributed by atoms with E-state index < -0.39 is 0 Å². The van der Waals surface area contributed by atoms with E-state index in [2.05, 4.69) is 323 Å². The zero-order valence-electron chi connectivity index (χ0n) is 66.2. The van der Waals surface area contributed by atoms with Crippen molar-refractivity contribution in [1.82, 2.24) is 9.97 Å². The van der Waals surface area contributed by atoms with Crippen molar-refractivity contribution in [3.63, 3.8) is 0 Å². The van der Waals surface area contributed by atoms with Crippen LogP contribution in [-0.4, -0.2) is 32.7 Å². The number of nitrogen functional groups attached to an aromatic ring is 1.